The summed E-state index contributed by atoms with van der Waals surface area (Å²) in [7, 11) is 0. The number of halogens is 3. The van der Waals surface area contributed by atoms with Crippen LogP contribution in [0.4, 0.5) is 13.2 Å². The predicted octanol–water partition coefficient (Wildman–Crippen LogP) is 3.44. The SMILES string of the molecule is Cc1ccc(OC(F)(F)F)c2ncccc12. The molecule has 0 fully saturated rings. The Kier molecular flexibility index (Phi) is 2.46. The van der Waals surface area contributed by atoms with Gasteiger partial charge in [0.25, 0.3) is 0 Å². The molecular weight excluding hydrogens is 219 g/mol. The fraction of sp³-hybridized carbons (Fsp3) is 0.182. The highest BCUT2D eigenvalue weighted by Crippen LogP contribution is 2.30. The van der Waals surface area contributed by atoms with E-state index in [2.05, 4.69) is 9.72 Å². The van der Waals surface area contributed by atoms with Gasteiger partial charge in [0.05, 0.1) is 0 Å². The summed E-state index contributed by atoms with van der Waals surface area (Å²) in [6, 6.07) is 6.23. The quantitative estimate of drug-likeness (QED) is 0.744. The summed E-state index contributed by atoms with van der Waals surface area (Å²) >= 11 is 0. The molecule has 2 rings (SSSR count). The van der Waals surface area contributed by atoms with Gasteiger partial charge < -0.3 is 4.74 Å². The lowest BCUT2D eigenvalue weighted by Gasteiger charge is -2.11. The van der Waals surface area contributed by atoms with Crippen molar-refractivity contribution < 1.29 is 17.9 Å². The summed E-state index contributed by atoms with van der Waals surface area (Å²) in [5, 5.41) is 0.657. The number of nitrogens with zero attached hydrogens (tertiary/aromatic N) is 1. The largest absolute Gasteiger partial charge is 0.573 e. The minimum atomic E-state index is -4.69. The lowest BCUT2D eigenvalue weighted by Crippen LogP contribution is -2.17. The Balaban J connectivity index is 2.59. The van der Waals surface area contributed by atoms with E-state index in [1.807, 2.05) is 0 Å². The number of hydrogen-bond acceptors (Lipinski definition) is 2. The molecule has 2 nitrogen and oxygen atoms in total. The molecule has 1 heterocycles. The van der Waals surface area contributed by atoms with E-state index in [9.17, 15) is 13.2 Å². The molecule has 0 N–H and O–H groups in total. The molecule has 84 valence electrons. The Morgan fingerprint density at radius 2 is 1.94 bits per heavy atom. The first-order valence-electron chi connectivity index (χ1n) is 4.57. The second-order valence-corrected chi connectivity index (χ2v) is 3.33. The van der Waals surface area contributed by atoms with Gasteiger partial charge in [-0.3, -0.25) is 4.98 Å². The maximum absolute atomic E-state index is 12.1. The molecule has 0 aliphatic carbocycles. The average Bonchev–Trinajstić information content (AvgIpc) is 2.21. The first-order valence-corrected chi connectivity index (χ1v) is 4.57. The number of benzene rings is 1. The van der Waals surface area contributed by atoms with E-state index in [0.717, 1.165) is 5.56 Å². The molecule has 0 atom stereocenters. The molecule has 0 amide bonds. The van der Waals surface area contributed by atoms with Crippen molar-refractivity contribution in [1.29, 1.82) is 0 Å². The summed E-state index contributed by atoms with van der Waals surface area (Å²) < 4.78 is 40.3. The number of rotatable bonds is 1. The molecule has 0 saturated heterocycles. The van der Waals surface area contributed by atoms with Gasteiger partial charge in [-0.1, -0.05) is 12.1 Å². The molecule has 0 aliphatic rings. The topological polar surface area (TPSA) is 22.1 Å². The number of pyridine rings is 1. The smallest absolute Gasteiger partial charge is 0.403 e. The van der Waals surface area contributed by atoms with Crippen LogP contribution in [0.15, 0.2) is 30.5 Å². The van der Waals surface area contributed by atoms with Gasteiger partial charge in [-0.05, 0) is 24.6 Å². The van der Waals surface area contributed by atoms with Crippen molar-refractivity contribution >= 4 is 10.9 Å². The summed E-state index contributed by atoms with van der Waals surface area (Å²) in [4.78, 5) is 3.90. The molecule has 1 aromatic carbocycles. The number of aryl methyl sites for hydroxylation is 1. The van der Waals surface area contributed by atoms with Crippen molar-refractivity contribution in [3.05, 3.63) is 36.0 Å². The Bertz CT molecular complexity index is 522. The molecule has 0 aliphatic heterocycles. The van der Waals surface area contributed by atoms with Gasteiger partial charge in [-0.15, -0.1) is 13.2 Å². The zero-order valence-corrected chi connectivity index (χ0v) is 8.38. The summed E-state index contributed by atoms with van der Waals surface area (Å²) in [6.45, 7) is 1.81. The van der Waals surface area contributed by atoms with Crippen LogP contribution in [0.2, 0.25) is 0 Å². The van der Waals surface area contributed by atoms with Crippen LogP contribution in [-0.2, 0) is 0 Å². The van der Waals surface area contributed by atoms with E-state index >= 15 is 0 Å². The third kappa shape index (κ3) is 2.08. The van der Waals surface area contributed by atoms with Crippen LogP contribution in [0.5, 0.6) is 5.75 Å². The summed E-state index contributed by atoms with van der Waals surface area (Å²) in [5.41, 5.74) is 1.08. The normalized spacial score (nSPS) is 11.8. The van der Waals surface area contributed by atoms with Crippen molar-refractivity contribution in [3.63, 3.8) is 0 Å². The molecule has 1 aromatic heterocycles. The minimum absolute atomic E-state index is 0.222. The summed E-state index contributed by atoms with van der Waals surface area (Å²) in [6.07, 6.45) is -3.26. The fourth-order valence-corrected chi connectivity index (χ4v) is 1.50. The first kappa shape index (κ1) is 10.7. The van der Waals surface area contributed by atoms with Gasteiger partial charge in [-0.2, -0.15) is 0 Å². The average molecular weight is 227 g/mol. The molecule has 0 saturated carbocycles. The molecule has 0 unspecified atom stereocenters. The first-order chi connectivity index (χ1) is 7.47. The highest BCUT2D eigenvalue weighted by molar-refractivity contribution is 5.87. The van der Waals surface area contributed by atoms with E-state index in [1.54, 1.807) is 25.1 Å². The Hall–Kier alpha value is -1.78. The van der Waals surface area contributed by atoms with E-state index in [0.29, 0.717) is 5.39 Å². The van der Waals surface area contributed by atoms with Gasteiger partial charge >= 0.3 is 6.36 Å². The van der Waals surface area contributed by atoms with Crippen LogP contribution in [0.25, 0.3) is 10.9 Å². The van der Waals surface area contributed by atoms with Crippen LogP contribution >= 0.6 is 0 Å². The Morgan fingerprint density at radius 3 is 2.62 bits per heavy atom. The van der Waals surface area contributed by atoms with Crippen molar-refractivity contribution in [2.45, 2.75) is 13.3 Å². The second-order valence-electron chi connectivity index (χ2n) is 3.33. The van der Waals surface area contributed by atoms with Crippen molar-refractivity contribution in [2.24, 2.45) is 0 Å². The number of hydrogen-bond donors (Lipinski definition) is 0. The van der Waals surface area contributed by atoms with Gasteiger partial charge in [0.2, 0.25) is 0 Å². The van der Waals surface area contributed by atoms with Gasteiger partial charge in [0.15, 0.2) is 5.75 Å². The highest BCUT2D eigenvalue weighted by atomic mass is 19.4. The van der Waals surface area contributed by atoms with Gasteiger partial charge in [0, 0.05) is 11.6 Å². The Morgan fingerprint density at radius 1 is 1.19 bits per heavy atom. The third-order valence-electron chi connectivity index (χ3n) is 2.18. The van der Waals surface area contributed by atoms with Crippen LogP contribution in [-0.4, -0.2) is 11.3 Å². The molecule has 5 heteroatoms. The fourth-order valence-electron chi connectivity index (χ4n) is 1.50. The van der Waals surface area contributed by atoms with E-state index in [4.69, 9.17) is 0 Å². The van der Waals surface area contributed by atoms with Crippen LogP contribution in [0.3, 0.4) is 0 Å². The number of fused-ring (bicyclic) bond motifs is 1. The third-order valence-corrected chi connectivity index (χ3v) is 2.18. The van der Waals surface area contributed by atoms with Crippen LogP contribution in [0.1, 0.15) is 5.56 Å². The highest BCUT2D eigenvalue weighted by Gasteiger charge is 2.32. The number of aromatic nitrogens is 1. The minimum Gasteiger partial charge on any atom is -0.403 e. The number of alkyl halides is 3. The predicted molar refractivity (Wildman–Crippen MR) is 53.2 cm³/mol. The maximum atomic E-state index is 12.1. The van der Waals surface area contributed by atoms with E-state index in [1.165, 1.54) is 12.3 Å². The Labute approximate surface area is 89.7 Å². The molecule has 2 aromatic rings. The zero-order chi connectivity index (χ0) is 11.8. The van der Waals surface area contributed by atoms with Crippen LogP contribution < -0.4 is 4.74 Å². The molecule has 0 spiro atoms. The van der Waals surface area contributed by atoms with E-state index in [-0.39, 0.29) is 11.3 Å². The summed E-state index contributed by atoms with van der Waals surface area (Å²) in [5.74, 6) is -0.270. The molecule has 0 radical (unpaired) electrons. The molecule has 16 heavy (non-hydrogen) atoms. The second kappa shape index (κ2) is 3.66. The van der Waals surface area contributed by atoms with Gasteiger partial charge in [-0.25, -0.2) is 0 Å². The van der Waals surface area contributed by atoms with Crippen LogP contribution in [0, 0.1) is 6.92 Å². The number of ether oxygens (including phenoxy) is 1. The lowest BCUT2D eigenvalue weighted by atomic mass is 10.1. The molecule has 0 bridgehead atoms. The standard InChI is InChI=1S/C11H8F3NO/c1-7-4-5-9(16-11(12,13)14)10-8(7)3-2-6-15-10/h2-6H,1H3. The van der Waals surface area contributed by atoms with Crippen molar-refractivity contribution in [2.75, 3.05) is 0 Å². The lowest BCUT2D eigenvalue weighted by molar-refractivity contribution is -0.274. The monoisotopic (exact) mass is 227 g/mol. The zero-order valence-electron chi connectivity index (χ0n) is 8.38. The van der Waals surface area contributed by atoms with Crippen molar-refractivity contribution in [1.82, 2.24) is 4.98 Å². The van der Waals surface area contributed by atoms with E-state index < -0.39 is 6.36 Å². The maximum Gasteiger partial charge on any atom is 0.573 e. The van der Waals surface area contributed by atoms with Crippen molar-refractivity contribution in [3.8, 4) is 5.75 Å². The van der Waals surface area contributed by atoms with Gasteiger partial charge in [0.1, 0.15) is 5.52 Å². The molecular formula is C11H8F3NO.